The van der Waals surface area contributed by atoms with Crippen LogP contribution in [0.5, 0.6) is 0 Å². The van der Waals surface area contributed by atoms with Crippen molar-refractivity contribution in [2.45, 2.75) is 20.4 Å². The molecule has 0 saturated heterocycles. The highest BCUT2D eigenvalue weighted by Crippen LogP contribution is 2.13. The number of carbonyl (C=O) groups is 2. The van der Waals surface area contributed by atoms with Crippen molar-refractivity contribution in [3.05, 3.63) is 77.9 Å². The first-order valence-electron chi connectivity index (χ1n) is 8.26. The summed E-state index contributed by atoms with van der Waals surface area (Å²) < 4.78 is 1.84. The highest BCUT2D eigenvalue weighted by Gasteiger charge is 2.10. The van der Waals surface area contributed by atoms with E-state index in [9.17, 15) is 9.59 Å². The molecular weight excluding hydrogens is 328 g/mol. The van der Waals surface area contributed by atoms with Crippen LogP contribution in [0.4, 0.5) is 11.4 Å². The molecule has 0 saturated carbocycles. The average molecular weight is 348 g/mol. The third-order valence-corrected chi connectivity index (χ3v) is 3.81. The largest absolute Gasteiger partial charge is 0.332 e. The second kappa shape index (κ2) is 7.65. The predicted molar refractivity (Wildman–Crippen MR) is 101 cm³/mol. The van der Waals surface area contributed by atoms with E-state index in [1.54, 1.807) is 12.5 Å². The monoisotopic (exact) mass is 348 g/mol. The molecule has 2 N–H and O–H groups in total. The van der Waals surface area contributed by atoms with Gasteiger partial charge in [-0.25, -0.2) is 4.98 Å². The van der Waals surface area contributed by atoms with Gasteiger partial charge in [0.15, 0.2) is 0 Å². The van der Waals surface area contributed by atoms with Gasteiger partial charge in [-0.1, -0.05) is 29.8 Å². The summed E-state index contributed by atoms with van der Waals surface area (Å²) in [6, 6.07) is 15.2. The van der Waals surface area contributed by atoms with Crippen molar-refractivity contribution in [3.63, 3.8) is 0 Å². The second-order valence-electron chi connectivity index (χ2n) is 6.13. The van der Waals surface area contributed by atoms with E-state index in [2.05, 4.69) is 15.6 Å². The molecule has 26 heavy (non-hydrogen) atoms. The highest BCUT2D eigenvalue weighted by atomic mass is 16.2. The van der Waals surface area contributed by atoms with Crippen molar-refractivity contribution in [2.24, 2.45) is 0 Å². The van der Waals surface area contributed by atoms with Crippen LogP contribution >= 0.6 is 0 Å². The normalized spacial score (nSPS) is 10.4. The van der Waals surface area contributed by atoms with Gasteiger partial charge in [0.05, 0.1) is 6.33 Å². The third kappa shape index (κ3) is 4.57. The Hall–Kier alpha value is -3.41. The number of rotatable bonds is 5. The van der Waals surface area contributed by atoms with Gasteiger partial charge >= 0.3 is 0 Å². The van der Waals surface area contributed by atoms with E-state index in [4.69, 9.17) is 0 Å². The van der Waals surface area contributed by atoms with E-state index < -0.39 is 0 Å². The summed E-state index contributed by atoms with van der Waals surface area (Å²) in [5, 5.41) is 5.56. The molecule has 0 unspecified atom stereocenters. The molecule has 6 heteroatoms. The summed E-state index contributed by atoms with van der Waals surface area (Å²) >= 11 is 0. The Bertz CT molecular complexity index is 912. The molecule has 3 rings (SSSR count). The molecule has 6 nitrogen and oxygen atoms in total. The van der Waals surface area contributed by atoms with Crippen LogP contribution in [0.2, 0.25) is 0 Å². The molecule has 2 aromatic carbocycles. The van der Waals surface area contributed by atoms with Gasteiger partial charge in [-0.2, -0.15) is 0 Å². The van der Waals surface area contributed by atoms with E-state index in [1.165, 1.54) is 6.92 Å². The van der Waals surface area contributed by atoms with Crippen LogP contribution in [0.3, 0.4) is 0 Å². The number of carbonyl (C=O) groups excluding carboxylic acids is 2. The van der Waals surface area contributed by atoms with Crippen molar-refractivity contribution in [1.82, 2.24) is 9.55 Å². The number of aromatic nitrogens is 2. The Morgan fingerprint density at radius 1 is 0.962 bits per heavy atom. The smallest absolute Gasteiger partial charge is 0.275 e. The zero-order valence-corrected chi connectivity index (χ0v) is 14.7. The Balaban J connectivity index is 1.62. The van der Waals surface area contributed by atoms with Gasteiger partial charge in [0.1, 0.15) is 5.69 Å². The van der Waals surface area contributed by atoms with Crippen LogP contribution in [0.15, 0.2) is 61.1 Å². The number of nitrogens with one attached hydrogen (secondary N) is 2. The number of nitrogens with zero attached hydrogens (tertiary/aromatic N) is 2. The van der Waals surface area contributed by atoms with Crippen molar-refractivity contribution >= 4 is 23.2 Å². The lowest BCUT2D eigenvalue weighted by Gasteiger charge is -2.05. The molecule has 2 amide bonds. The van der Waals surface area contributed by atoms with E-state index in [0.29, 0.717) is 12.2 Å². The molecule has 3 aromatic rings. The lowest BCUT2D eigenvalue weighted by molar-refractivity contribution is -0.114. The number of anilines is 2. The molecule has 0 aliphatic carbocycles. The van der Waals surface area contributed by atoms with Crippen LogP contribution < -0.4 is 10.6 Å². The zero-order chi connectivity index (χ0) is 18.5. The maximum absolute atomic E-state index is 12.3. The minimum absolute atomic E-state index is 0.100. The van der Waals surface area contributed by atoms with Crippen molar-refractivity contribution in [2.75, 3.05) is 10.6 Å². The van der Waals surface area contributed by atoms with Crippen molar-refractivity contribution < 1.29 is 9.59 Å². The lowest BCUT2D eigenvalue weighted by Crippen LogP contribution is -2.12. The van der Waals surface area contributed by atoms with Gasteiger partial charge in [-0.15, -0.1) is 0 Å². The van der Waals surface area contributed by atoms with E-state index in [0.717, 1.165) is 22.5 Å². The quantitative estimate of drug-likeness (QED) is 0.741. The minimum atomic E-state index is -0.242. The first kappa shape index (κ1) is 17.4. The number of aryl methyl sites for hydroxylation is 1. The molecule has 0 aliphatic heterocycles. The van der Waals surface area contributed by atoms with Gasteiger partial charge < -0.3 is 15.2 Å². The summed E-state index contributed by atoms with van der Waals surface area (Å²) in [6.45, 7) is 4.06. The highest BCUT2D eigenvalue weighted by molar-refractivity contribution is 6.02. The summed E-state index contributed by atoms with van der Waals surface area (Å²) in [6.07, 6.45) is 3.34. The van der Waals surface area contributed by atoms with E-state index in [1.807, 2.05) is 60.0 Å². The summed E-state index contributed by atoms with van der Waals surface area (Å²) in [7, 11) is 0. The molecule has 0 spiro atoms. The molecule has 0 radical (unpaired) electrons. The first-order valence-corrected chi connectivity index (χ1v) is 8.26. The van der Waals surface area contributed by atoms with Gasteiger partial charge in [-0.3, -0.25) is 9.59 Å². The maximum Gasteiger partial charge on any atom is 0.275 e. The molecule has 1 heterocycles. The van der Waals surface area contributed by atoms with Crippen molar-refractivity contribution in [1.29, 1.82) is 0 Å². The van der Waals surface area contributed by atoms with Gasteiger partial charge in [0, 0.05) is 31.0 Å². The molecule has 0 bridgehead atoms. The lowest BCUT2D eigenvalue weighted by atomic mass is 10.2. The maximum atomic E-state index is 12.3. The second-order valence-corrected chi connectivity index (χ2v) is 6.13. The first-order chi connectivity index (χ1) is 12.5. The van der Waals surface area contributed by atoms with Crippen molar-refractivity contribution in [3.8, 4) is 0 Å². The molecule has 0 fully saturated rings. The van der Waals surface area contributed by atoms with Crippen LogP contribution in [0.1, 0.15) is 28.5 Å². The summed E-state index contributed by atoms with van der Waals surface area (Å²) in [5.41, 5.74) is 4.04. The Morgan fingerprint density at radius 2 is 1.58 bits per heavy atom. The number of benzene rings is 2. The van der Waals surface area contributed by atoms with Gasteiger partial charge in [0.25, 0.3) is 5.91 Å². The fourth-order valence-electron chi connectivity index (χ4n) is 2.50. The van der Waals surface area contributed by atoms with E-state index >= 15 is 0 Å². The van der Waals surface area contributed by atoms with Crippen LogP contribution in [0.25, 0.3) is 0 Å². The molecule has 132 valence electrons. The fourth-order valence-corrected chi connectivity index (χ4v) is 2.50. The SMILES string of the molecule is CC(=O)Nc1ccc(Cn2cnc(C(=O)Nc3ccc(C)cc3)c2)cc1. The average Bonchev–Trinajstić information content (AvgIpc) is 3.07. The summed E-state index contributed by atoms with van der Waals surface area (Å²) in [4.78, 5) is 27.5. The van der Waals surface area contributed by atoms with Crippen LogP contribution in [0, 0.1) is 6.92 Å². The zero-order valence-electron chi connectivity index (χ0n) is 14.7. The van der Waals surface area contributed by atoms with Gasteiger partial charge in [0.2, 0.25) is 5.91 Å². The molecule has 1 aromatic heterocycles. The molecular formula is C20H20N4O2. The number of hydrogen-bond donors (Lipinski definition) is 2. The topological polar surface area (TPSA) is 76.0 Å². The number of amides is 2. The standard InChI is InChI=1S/C20H20N4O2/c1-14-3-7-18(8-4-14)23-20(26)19-12-24(13-21-19)11-16-5-9-17(10-6-16)22-15(2)25/h3-10,12-13H,11H2,1-2H3,(H,22,25)(H,23,26). The Labute approximate surface area is 151 Å². The van der Waals surface area contributed by atoms with Crippen LogP contribution in [-0.2, 0) is 11.3 Å². The van der Waals surface area contributed by atoms with E-state index in [-0.39, 0.29) is 11.8 Å². The Kier molecular flexibility index (Phi) is 5.12. The predicted octanol–water partition coefficient (Wildman–Crippen LogP) is 3.45. The van der Waals surface area contributed by atoms with Crippen LogP contribution in [-0.4, -0.2) is 21.4 Å². The Morgan fingerprint density at radius 3 is 2.23 bits per heavy atom. The molecule has 0 atom stereocenters. The minimum Gasteiger partial charge on any atom is -0.332 e. The summed E-state index contributed by atoms with van der Waals surface area (Å²) in [5.74, 6) is -0.342. The number of hydrogen-bond acceptors (Lipinski definition) is 3. The molecule has 0 aliphatic rings. The van der Waals surface area contributed by atoms with Gasteiger partial charge in [-0.05, 0) is 36.8 Å². The number of imidazole rings is 1. The fraction of sp³-hybridized carbons (Fsp3) is 0.150. The third-order valence-electron chi connectivity index (χ3n) is 3.81.